The molecular weight excluding hydrogens is 204 g/mol. The number of piperidine rings is 1. The van der Waals surface area contributed by atoms with Crippen molar-refractivity contribution >= 4 is 11.3 Å². The molecule has 0 N–H and O–H groups in total. The van der Waals surface area contributed by atoms with Crippen LogP contribution in [0.1, 0.15) is 30.5 Å². The number of rotatable bonds is 2. The molecule has 15 heavy (non-hydrogen) atoms. The monoisotopic (exact) mass is 222 g/mol. The van der Waals surface area contributed by atoms with Crippen molar-refractivity contribution in [3.05, 3.63) is 16.1 Å². The van der Waals surface area contributed by atoms with Crippen molar-refractivity contribution in [2.75, 3.05) is 13.1 Å². The van der Waals surface area contributed by atoms with Crippen LogP contribution in [-0.2, 0) is 0 Å². The van der Waals surface area contributed by atoms with Crippen LogP contribution in [-0.4, -0.2) is 29.0 Å². The smallest absolute Gasteiger partial charge is 0.0897 e. The van der Waals surface area contributed by atoms with Gasteiger partial charge in [-0.25, -0.2) is 4.98 Å². The van der Waals surface area contributed by atoms with Crippen molar-refractivity contribution in [3.8, 4) is 0 Å². The first-order valence-electron chi connectivity index (χ1n) is 5.83. The maximum absolute atomic E-state index is 4.63. The van der Waals surface area contributed by atoms with E-state index in [1.165, 1.54) is 23.8 Å². The summed E-state index contributed by atoms with van der Waals surface area (Å²) in [7, 11) is 0. The van der Waals surface area contributed by atoms with Gasteiger partial charge in [0.2, 0.25) is 0 Å². The second-order valence-corrected chi connectivity index (χ2v) is 6.25. The Hall–Kier alpha value is -0.410. The molecule has 2 atom stereocenters. The first kappa shape index (κ1) is 9.79. The van der Waals surface area contributed by atoms with Gasteiger partial charge in [-0.1, -0.05) is 0 Å². The highest BCUT2D eigenvalue weighted by Gasteiger charge is 2.57. The van der Waals surface area contributed by atoms with Gasteiger partial charge in [0, 0.05) is 30.4 Å². The van der Waals surface area contributed by atoms with Crippen molar-refractivity contribution in [1.29, 1.82) is 0 Å². The predicted molar refractivity (Wildman–Crippen MR) is 63.3 cm³/mol. The van der Waals surface area contributed by atoms with Gasteiger partial charge in [0.25, 0.3) is 0 Å². The summed E-state index contributed by atoms with van der Waals surface area (Å²) < 4.78 is 0. The molecule has 1 saturated heterocycles. The highest BCUT2D eigenvalue weighted by Crippen LogP contribution is 2.58. The number of thiazole rings is 1. The molecule has 0 aromatic carbocycles. The molecule has 2 heterocycles. The minimum atomic E-state index is 0.718. The Labute approximate surface area is 95.3 Å². The lowest BCUT2D eigenvalue weighted by atomic mass is 10.2. The molecule has 0 amide bonds. The van der Waals surface area contributed by atoms with Crippen LogP contribution >= 0.6 is 11.3 Å². The topological polar surface area (TPSA) is 16.1 Å². The highest BCUT2D eigenvalue weighted by atomic mass is 32.1. The van der Waals surface area contributed by atoms with Gasteiger partial charge < -0.3 is 4.90 Å². The largest absolute Gasteiger partial charge is 0.300 e. The Morgan fingerprint density at radius 3 is 2.53 bits per heavy atom. The molecule has 1 aromatic rings. The predicted octanol–water partition coefficient (Wildman–Crippen LogP) is 2.51. The second-order valence-electron chi connectivity index (χ2n) is 5.19. The van der Waals surface area contributed by atoms with E-state index in [0.717, 1.165) is 23.8 Å². The van der Waals surface area contributed by atoms with Crippen LogP contribution in [0.5, 0.6) is 0 Å². The summed E-state index contributed by atoms with van der Waals surface area (Å²) in [6, 6.07) is 0.718. The summed E-state index contributed by atoms with van der Waals surface area (Å²) in [5.41, 5.74) is 1.37. The van der Waals surface area contributed by atoms with E-state index in [1.807, 2.05) is 0 Å². The molecule has 0 radical (unpaired) electrons. The quantitative estimate of drug-likeness (QED) is 0.764. The molecule has 3 heteroatoms. The molecular formula is C12H18N2S. The van der Waals surface area contributed by atoms with Crippen LogP contribution in [0.3, 0.4) is 0 Å². The van der Waals surface area contributed by atoms with Gasteiger partial charge in [0.15, 0.2) is 0 Å². The van der Waals surface area contributed by atoms with Crippen LogP contribution in [0, 0.1) is 18.8 Å². The van der Waals surface area contributed by atoms with Gasteiger partial charge in [-0.15, -0.1) is 11.3 Å². The summed E-state index contributed by atoms with van der Waals surface area (Å²) in [6.07, 6.45) is 0. The van der Waals surface area contributed by atoms with E-state index in [1.54, 1.807) is 11.3 Å². The summed E-state index contributed by atoms with van der Waals surface area (Å²) in [5.74, 6) is 2.62. The maximum Gasteiger partial charge on any atom is 0.0897 e. The van der Waals surface area contributed by atoms with Crippen molar-refractivity contribution in [2.45, 2.75) is 32.7 Å². The number of likely N-dealkylation sites (tertiary alicyclic amines) is 1. The van der Waals surface area contributed by atoms with E-state index in [9.17, 15) is 0 Å². The van der Waals surface area contributed by atoms with E-state index >= 15 is 0 Å². The highest BCUT2D eigenvalue weighted by molar-refractivity contribution is 7.09. The molecule has 2 fully saturated rings. The molecule has 3 rings (SSSR count). The molecule has 1 saturated carbocycles. The Balaban J connectivity index is 1.68. The first-order valence-corrected chi connectivity index (χ1v) is 6.71. The average molecular weight is 222 g/mol. The van der Waals surface area contributed by atoms with Crippen molar-refractivity contribution < 1.29 is 0 Å². The lowest BCUT2D eigenvalue weighted by molar-refractivity contribution is 0.242. The number of fused-ring (bicyclic) bond motifs is 1. The Kier molecular flexibility index (Phi) is 2.15. The minimum absolute atomic E-state index is 0.718. The molecule has 82 valence electrons. The van der Waals surface area contributed by atoms with Crippen molar-refractivity contribution in [3.63, 3.8) is 0 Å². The van der Waals surface area contributed by atoms with E-state index in [2.05, 4.69) is 36.0 Å². The zero-order chi connectivity index (χ0) is 10.6. The molecule has 1 aliphatic carbocycles. The van der Waals surface area contributed by atoms with Gasteiger partial charge in [-0.2, -0.15) is 0 Å². The zero-order valence-corrected chi connectivity index (χ0v) is 10.4. The van der Waals surface area contributed by atoms with E-state index in [-0.39, 0.29) is 0 Å². The van der Waals surface area contributed by atoms with Gasteiger partial charge in [0.05, 0.1) is 10.7 Å². The minimum Gasteiger partial charge on any atom is -0.300 e. The van der Waals surface area contributed by atoms with Crippen LogP contribution in [0.25, 0.3) is 0 Å². The number of aromatic nitrogens is 1. The number of hydrogen-bond acceptors (Lipinski definition) is 3. The van der Waals surface area contributed by atoms with Crippen LogP contribution in [0.4, 0.5) is 0 Å². The third-order valence-corrected chi connectivity index (χ3v) is 4.72. The summed E-state index contributed by atoms with van der Waals surface area (Å²) in [5, 5.41) is 3.48. The number of nitrogens with zero attached hydrogens (tertiary/aromatic N) is 2. The molecule has 0 bridgehead atoms. The fourth-order valence-electron chi connectivity index (χ4n) is 2.95. The summed E-state index contributed by atoms with van der Waals surface area (Å²) in [4.78, 5) is 7.23. The third-order valence-electron chi connectivity index (χ3n) is 3.93. The normalized spacial score (nSPS) is 34.8. The Morgan fingerprint density at radius 1 is 1.40 bits per heavy atom. The lowest BCUT2D eigenvalue weighted by Gasteiger charge is -2.23. The van der Waals surface area contributed by atoms with E-state index in [4.69, 9.17) is 0 Å². The second kappa shape index (κ2) is 3.29. The molecule has 2 nitrogen and oxygen atoms in total. The Morgan fingerprint density at radius 2 is 2.07 bits per heavy atom. The maximum atomic E-state index is 4.63. The molecule has 2 unspecified atom stereocenters. The fourth-order valence-corrected chi connectivity index (χ4v) is 3.61. The summed E-state index contributed by atoms with van der Waals surface area (Å²) in [6.45, 7) is 9.29. The number of hydrogen-bond donors (Lipinski definition) is 0. The molecule has 1 aromatic heterocycles. The Bertz CT molecular complexity index is 359. The lowest BCUT2D eigenvalue weighted by Crippen LogP contribution is -2.31. The van der Waals surface area contributed by atoms with Gasteiger partial charge in [0.1, 0.15) is 0 Å². The van der Waals surface area contributed by atoms with Crippen LogP contribution in [0.2, 0.25) is 0 Å². The van der Waals surface area contributed by atoms with Crippen molar-refractivity contribution in [2.24, 2.45) is 11.8 Å². The van der Waals surface area contributed by atoms with Crippen LogP contribution < -0.4 is 0 Å². The SMILES string of the molecule is Cc1nc(C2C3CN(C(C)C)CC32)cs1. The average Bonchev–Trinajstić information content (AvgIpc) is 2.62. The van der Waals surface area contributed by atoms with E-state index in [0.29, 0.717) is 0 Å². The van der Waals surface area contributed by atoms with E-state index < -0.39 is 0 Å². The fraction of sp³-hybridized carbons (Fsp3) is 0.750. The molecule has 0 spiro atoms. The van der Waals surface area contributed by atoms with Crippen molar-refractivity contribution in [1.82, 2.24) is 9.88 Å². The van der Waals surface area contributed by atoms with Crippen LogP contribution in [0.15, 0.2) is 5.38 Å². The summed E-state index contributed by atoms with van der Waals surface area (Å²) >= 11 is 1.79. The zero-order valence-electron chi connectivity index (χ0n) is 9.60. The molecule has 1 aliphatic heterocycles. The molecule has 2 aliphatic rings. The first-order chi connectivity index (χ1) is 7.16. The number of aryl methyl sites for hydroxylation is 1. The third kappa shape index (κ3) is 1.53. The standard InChI is InChI=1S/C12H18N2S/c1-7(2)14-4-9-10(5-14)12(9)11-6-15-8(3)13-11/h6-7,9-10,12H,4-5H2,1-3H3. The van der Waals surface area contributed by atoms with Gasteiger partial charge >= 0.3 is 0 Å². The van der Waals surface area contributed by atoms with Gasteiger partial charge in [-0.05, 0) is 32.6 Å². The van der Waals surface area contributed by atoms with Gasteiger partial charge in [-0.3, -0.25) is 0 Å².